The highest BCUT2D eigenvalue weighted by Gasteiger charge is 1.81. The topological polar surface area (TPSA) is 47.7 Å². The fourth-order valence-corrected chi connectivity index (χ4v) is 1.48. The van der Waals surface area contributed by atoms with E-state index < -0.39 is 0 Å². The Bertz CT molecular complexity index is 64.4. The predicted octanol–water partition coefficient (Wildman–Crippen LogP) is 1.67. The van der Waals surface area contributed by atoms with Gasteiger partial charge in [-0.2, -0.15) is 0 Å². The first-order chi connectivity index (χ1) is 3.91. The molecule has 0 aliphatic carbocycles. The lowest BCUT2D eigenvalue weighted by molar-refractivity contribution is 1.55. The Balaban J connectivity index is 2.71. The summed E-state index contributed by atoms with van der Waals surface area (Å²) < 4.78 is 0. The van der Waals surface area contributed by atoms with Crippen molar-refractivity contribution in [1.82, 2.24) is 0 Å². The first-order valence-electron chi connectivity index (χ1n) is 2.14. The van der Waals surface area contributed by atoms with Gasteiger partial charge in [0.05, 0.1) is 0 Å². The molecule has 8 heavy (non-hydrogen) atoms. The Morgan fingerprint density at radius 1 is 1.00 bits per heavy atom. The van der Waals surface area contributed by atoms with Crippen molar-refractivity contribution in [2.75, 3.05) is 11.5 Å². The average Bonchev–Trinajstić information content (AvgIpc) is 1.81. The molecule has 0 spiro atoms. The molecule has 0 aromatic rings. The molecule has 0 saturated heterocycles. The van der Waals surface area contributed by atoms with E-state index >= 15 is 0 Å². The van der Waals surface area contributed by atoms with Crippen LogP contribution in [0.25, 0.3) is 0 Å². The SMILES string of the molecule is N=CCSSCC=N. The van der Waals surface area contributed by atoms with Crippen LogP contribution in [0.2, 0.25) is 0 Å². The number of nitrogens with one attached hydrogen (secondary N) is 2. The zero-order valence-corrected chi connectivity index (χ0v) is 6.02. The van der Waals surface area contributed by atoms with Gasteiger partial charge in [-0.1, -0.05) is 21.6 Å². The maximum Gasteiger partial charge on any atom is 0.0385 e. The van der Waals surface area contributed by atoms with Crippen molar-refractivity contribution in [2.45, 2.75) is 0 Å². The van der Waals surface area contributed by atoms with Gasteiger partial charge >= 0.3 is 0 Å². The smallest absolute Gasteiger partial charge is 0.0385 e. The van der Waals surface area contributed by atoms with Crippen LogP contribution < -0.4 is 0 Å². The highest BCUT2D eigenvalue weighted by atomic mass is 33.1. The molecule has 0 radical (unpaired) electrons. The summed E-state index contributed by atoms with van der Waals surface area (Å²) in [6.07, 6.45) is 2.73. The highest BCUT2D eigenvalue weighted by molar-refractivity contribution is 8.77. The molecular weight excluding hydrogens is 140 g/mol. The summed E-state index contributed by atoms with van der Waals surface area (Å²) in [7, 11) is 3.20. The lowest BCUT2D eigenvalue weighted by atomic mass is 10.9. The lowest BCUT2D eigenvalue weighted by Crippen LogP contribution is -1.75. The Kier molecular flexibility index (Phi) is 7.08. The Hall–Kier alpha value is 0.0400. The monoisotopic (exact) mass is 148 g/mol. The molecule has 2 nitrogen and oxygen atoms in total. The minimum absolute atomic E-state index is 0.749. The molecule has 0 amide bonds. The largest absolute Gasteiger partial charge is 0.312 e. The Labute approximate surface area is 56.9 Å². The number of hydrogen-bond donors (Lipinski definition) is 2. The van der Waals surface area contributed by atoms with Crippen LogP contribution in [0.1, 0.15) is 0 Å². The highest BCUT2D eigenvalue weighted by Crippen LogP contribution is 2.17. The van der Waals surface area contributed by atoms with Crippen molar-refractivity contribution in [3.63, 3.8) is 0 Å². The molecular formula is C4H8N2S2. The third-order valence-electron chi connectivity index (χ3n) is 0.386. The molecule has 0 bridgehead atoms. The second-order valence-corrected chi connectivity index (χ2v) is 3.53. The minimum Gasteiger partial charge on any atom is -0.312 e. The molecule has 0 aromatic heterocycles. The van der Waals surface area contributed by atoms with Gasteiger partial charge in [0, 0.05) is 23.9 Å². The Morgan fingerprint density at radius 2 is 1.38 bits per heavy atom. The van der Waals surface area contributed by atoms with Crippen LogP contribution in [0.4, 0.5) is 0 Å². The molecule has 0 aliphatic rings. The van der Waals surface area contributed by atoms with Crippen LogP contribution in [0, 0.1) is 10.8 Å². The second-order valence-electron chi connectivity index (χ2n) is 0.977. The molecule has 0 unspecified atom stereocenters. The molecule has 0 atom stereocenters. The van der Waals surface area contributed by atoms with Gasteiger partial charge in [-0.05, 0) is 0 Å². The van der Waals surface area contributed by atoms with Crippen molar-refractivity contribution in [2.24, 2.45) is 0 Å². The van der Waals surface area contributed by atoms with E-state index in [0.717, 1.165) is 11.5 Å². The van der Waals surface area contributed by atoms with E-state index in [9.17, 15) is 0 Å². The van der Waals surface area contributed by atoms with E-state index in [1.165, 1.54) is 12.4 Å². The number of hydrogen-bond acceptors (Lipinski definition) is 4. The van der Waals surface area contributed by atoms with Gasteiger partial charge in [-0.25, -0.2) is 0 Å². The maximum absolute atomic E-state index is 6.62. The lowest BCUT2D eigenvalue weighted by Gasteiger charge is -1.87. The predicted molar refractivity (Wildman–Crippen MR) is 42.5 cm³/mol. The van der Waals surface area contributed by atoms with E-state index in [1.54, 1.807) is 21.6 Å². The summed E-state index contributed by atoms with van der Waals surface area (Å²) in [5, 5.41) is 13.2. The standard InChI is InChI=1S/C4H8N2S2/c5-1-3-7-8-4-2-6/h1-2,5-6H,3-4H2. The van der Waals surface area contributed by atoms with Crippen molar-refractivity contribution in [3.05, 3.63) is 0 Å². The normalized spacial score (nSPS) is 8.50. The Morgan fingerprint density at radius 3 is 1.62 bits per heavy atom. The first kappa shape index (κ1) is 8.04. The van der Waals surface area contributed by atoms with Gasteiger partial charge in [0.15, 0.2) is 0 Å². The fourth-order valence-electron chi connectivity index (χ4n) is 0.164. The summed E-state index contributed by atoms with van der Waals surface area (Å²) in [5.74, 6) is 1.50. The van der Waals surface area contributed by atoms with Crippen molar-refractivity contribution >= 4 is 34.0 Å². The van der Waals surface area contributed by atoms with Gasteiger partial charge in [0.25, 0.3) is 0 Å². The molecule has 0 saturated carbocycles. The van der Waals surface area contributed by atoms with E-state index in [-0.39, 0.29) is 0 Å². The van der Waals surface area contributed by atoms with E-state index in [4.69, 9.17) is 10.8 Å². The molecule has 2 N–H and O–H groups in total. The molecule has 4 heteroatoms. The summed E-state index contributed by atoms with van der Waals surface area (Å²) in [4.78, 5) is 0. The fraction of sp³-hybridized carbons (Fsp3) is 0.500. The molecule has 0 aromatic carbocycles. The second kappa shape index (κ2) is 7.04. The van der Waals surface area contributed by atoms with Crippen LogP contribution in [-0.2, 0) is 0 Å². The molecule has 0 fully saturated rings. The maximum atomic E-state index is 6.62. The summed E-state index contributed by atoms with van der Waals surface area (Å²) >= 11 is 0. The van der Waals surface area contributed by atoms with E-state index in [1.807, 2.05) is 0 Å². The van der Waals surface area contributed by atoms with Gasteiger partial charge in [0.2, 0.25) is 0 Å². The summed E-state index contributed by atoms with van der Waals surface area (Å²) in [5.41, 5.74) is 0. The van der Waals surface area contributed by atoms with Crippen molar-refractivity contribution < 1.29 is 0 Å². The zero-order valence-electron chi connectivity index (χ0n) is 4.39. The minimum atomic E-state index is 0.749. The van der Waals surface area contributed by atoms with Crippen LogP contribution in [0.3, 0.4) is 0 Å². The van der Waals surface area contributed by atoms with Crippen LogP contribution >= 0.6 is 21.6 Å². The van der Waals surface area contributed by atoms with Crippen molar-refractivity contribution in [1.29, 1.82) is 10.8 Å². The average molecular weight is 148 g/mol. The summed E-state index contributed by atoms with van der Waals surface area (Å²) in [6.45, 7) is 0. The zero-order chi connectivity index (χ0) is 6.24. The third kappa shape index (κ3) is 6.04. The van der Waals surface area contributed by atoms with Gasteiger partial charge in [0.1, 0.15) is 0 Å². The molecule has 0 heterocycles. The third-order valence-corrected chi connectivity index (χ3v) is 2.47. The molecule has 0 aliphatic heterocycles. The van der Waals surface area contributed by atoms with Crippen LogP contribution in [0.5, 0.6) is 0 Å². The van der Waals surface area contributed by atoms with Crippen LogP contribution in [0.15, 0.2) is 0 Å². The summed E-state index contributed by atoms with van der Waals surface area (Å²) in [6, 6.07) is 0. The van der Waals surface area contributed by atoms with Crippen molar-refractivity contribution in [3.8, 4) is 0 Å². The van der Waals surface area contributed by atoms with Gasteiger partial charge in [-0.3, -0.25) is 0 Å². The van der Waals surface area contributed by atoms with E-state index in [0.29, 0.717) is 0 Å². The molecule has 46 valence electrons. The number of rotatable bonds is 5. The van der Waals surface area contributed by atoms with Crippen LogP contribution in [-0.4, -0.2) is 23.9 Å². The first-order valence-corrected chi connectivity index (χ1v) is 4.63. The molecule has 0 rings (SSSR count). The quantitative estimate of drug-likeness (QED) is 0.354. The van der Waals surface area contributed by atoms with E-state index in [2.05, 4.69) is 0 Å². The van der Waals surface area contributed by atoms with Gasteiger partial charge in [-0.15, -0.1) is 0 Å². The van der Waals surface area contributed by atoms with Gasteiger partial charge < -0.3 is 10.8 Å².